The van der Waals surface area contributed by atoms with Gasteiger partial charge < -0.3 is 10.4 Å². The molecule has 1 aromatic carbocycles. The quantitative estimate of drug-likeness (QED) is 0.817. The molecule has 0 bridgehead atoms. The molecule has 1 heterocycles. The fourth-order valence-corrected chi connectivity index (χ4v) is 2.40. The summed E-state index contributed by atoms with van der Waals surface area (Å²) < 4.78 is 0. The molecule has 0 radical (unpaired) electrons. The second-order valence-electron chi connectivity index (χ2n) is 4.73. The number of benzene rings is 1. The number of hydrogen-bond donors (Lipinski definition) is 2. The van der Waals surface area contributed by atoms with Crippen molar-refractivity contribution >= 4 is 0 Å². The minimum absolute atomic E-state index is 0.601. The lowest BCUT2D eigenvalue weighted by molar-refractivity contribution is 0.00593. The Hall–Kier alpha value is -0.860. The van der Waals surface area contributed by atoms with Crippen LogP contribution in [0.15, 0.2) is 24.3 Å². The summed E-state index contributed by atoms with van der Waals surface area (Å²) in [6, 6.07) is 8.49. The lowest BCUT2D eigenvalue weighted by Crippen LogP contribution is -2.39. The van der Waals surface area contributed by atoms with Gasteiger partial charge in [0.1, 0.15) is 0 Å². The van der Waals surface area contributed by atoms with Gasteiger partial charge in [0.2, 0.25) is 0 Å². The molecule has 2 nitrogen and oxygen atoms in total. The first-order valence-electron chi connectivity index (χ1n) is 6.27. The molecule has 1 aliphatic heterocycles. The zero-order chi connectivity index (χ0) is 11.4. The molecule has 16 heavy (non-hydrogen) atoms. The molecule has 0 unspecified atom stereocenters. The lowest BCUT2D eigenvalue weighted by Gasteiger charge is -2.33. The SMILES string of the molecule is CCCc1ccc(C2(O)CCNCC2)cc1. The van der Waals surface area contributed by atoms with Crippen molar-refractivity contribution in [2.45, 2.75) is 38.2 Å². The number of aliphatic hydroxyl groups is 1. The third-order valence-electron chi connectivity index (χ3n) is 3.46. The van der Waals surface area contributed by atoms with Gasteiger partial charge in [-0.05, 0) is 43.5 Å². The maximum atomic E-state index is 10.5. The van der Waals surface area contributed by atoms with E-state index in [2.05, 4.69) is 36.5 Å². The molecule has 2 rings (SSSR count). The molecule has 0 atom stereocenters. The molecule has 0 aromatic heterocycles. The molecule has 1 aliphatic rings. The number of aryl methyl sites for hydroxylation is 1. The lowest BCUT2D eigenvalue weighted by atomic mass is 9.84. The van der Waals surface area contributed by atoms with E-state index in [1.54, 1.807) is 0 Å². The average Bonchev–Trinajstić information content (AvgIpc) is 2.31. The Morgan fingerprint density at radius 3 is 2.38 bits per heavy atom. The van der Waals surface area contributed by atoms with Crippen LogP contribution in [0.25, 0.3) is 0 Å². The first kappa shape index (κ1) is 11.6. The Labute approximate surface area is 97.7 Å². The van der Waals surface area contributed by atoms with Gasteiger partial charge in [-0.25, -0.2) is 0 Å². The molecule has 1 aromatic rings. The molecule has 0 amide bonds. The molecular weight excluding hydrogens is 198 g/mol. The summed E-state index contributed by atoms with van der Waals surface area (Å²) in [5.74, 6) is 0. The zero-order valence-electron chi connectivity index (χ0n) is 10.00. The molecule has 1 fully saturated rings. The van der Waals surface area contributed by atoms with Crippen molar-refractivity contribution in [3.8, 4) is 0 Å². The predicted molar refractivity (Wildman–Crippen MR) is 66.4 cm³/mol. The number of rotatable bonds is 3. The Morgan fingerprint density at radius 2 is 1.81 bits per heavy atom. The van der Waals surface area contributed by atoms with Crippen molar-refractivity contribution in [3.63, 3.8) is 0 Å². The van der Waals surface area contributed by atoms with Gasteiger partial charge in [0, 0.05) is 0 Å². The van der Waals surface area contributed by atoms with Crippen molar-refractivity contribution in [1.29, 1.82) is 0 Å². The topological polar surface area (TPSA) is 32.3 Å². The van der Waals surface area contributed by atoms with E-state index in [4.69, 9.17) is 0 Å². The maximum Gasteiger partial charge on any atom is 0.0920 e. The third-order valence-corrected chi connectivity index (χ3v) is 3.46. The highest BCUT2D eigenvalue weighted by Crippen LogP contribution is 2.30. The smallest absolute Gasteiger partial charge is 0.0920 e. The van der Waals surface area contributed by atoms with Crippen LogP contribution in [0.1, 0.15) is 37.3 Å². The number of piperidine rings is 1. The standard InChI is InChI=1S/C14H21NO/c1-2-3-12-4-6-13(7-5-12)14(16)8-10-15-11-9-14/h4-7,15-16H,2-3,8-11H2,1H3. The highest BCUT2D eigenvalue weighted by atomic mass is 16.3. The van der Waals surface area contributed by atoms with Crippen LogP contribution in [0.4, 0.5) is 0 Å². The maximum absolute atomic E-state index is 10.5. The van der Waals surface area contributed by atoms with Crippen LogP contribution < -0.4 is 5.32 Å². The van der Waals surface area contributed by atoms with Crippen LogP contribution >= 0.6 is 0 Å². The van der Waals surface area contributed by atoms with E-state index in [-0.39, 0.29) is 0 Å². The van der Waals surface area contributed by atoms with Crippen molar-refractivity contribution in [2.24, 2.45) is 0 Å². The van der Waals surface area contributed by atoms with Gasteiger partial charge in [-0.15, -0.1) is 0 Å². The Balaban J connectivity index is 2.13. The zero-order valence-corrected chi connectivity index (χ0v) is 10.00. The van der Waals surface area contributed by atoms with Crippen molar-refractivity contribution in [1.82, 2.24) is 5.32 Å². The van der Waals surface area contributed by atoms with E-state index in [0.717, 1.165) is 37.9 Å². The minimum atomic E-state index is -0.601. The summed E-state index contributed by atoms with van der Waals surface area (Å²) in [5.41, 5.74) is 1.84. The molecule has 2 heteroatoms. The first-order valence-corrected chi connectivity index (χ1v) is 6.27. The number of hydrogen-bond acceptors (Lipinski definition) is 2. The second kappa shape index (κ2) is 4.98. The Kier molecular flexibility index (Phi) is 3.62. The van der Waals surface area contributed by atoms with Crippen LogP contribution in [-0.4, -0.2) is 18.2 Å². The molecular formula is C14H21NO. The summed E-state index contributed by atoms with van der Waals surface area (Å²) in [4.78, 5) is 0. The second-order valence-corrected chi connectivity index (χ2v) is 4.73. The predicted octanol–water partition coefficient (Wildman–Crippen LogP) is 2.21. The summed E-state index contributed by atoms with van der Waals surface area (Å²) in [7, 11) is 0. The Morgan fingerprint density at radius 1 is 1.19 bits per heavy atom. The largest absolute Gasteiger partial charge is 0.385 e. The van der Waals surface area contributed by atoms with Gasteiger partial charge in [0.25, 0.3) is 0 Å². The van der Waals surface area contributed by atoms with Gasteiger partial charge >= 0.3 is 0 Å². The fourth-order valence-electron chi connectivity index (χ4n) is 2.40. The molecule has 0 aliphatic carbocycles. The molecule has 0 saturated carbocycles. The van der Waals surface area contributed by atoms with Crippen molar-refractivity contribution in [2.75, 3.05) is 13.1 Å². The van der Waals surface area contributed by atoms with E-state index in [1.807, 2.05) is 0 Å². The molecule has 2 N–H and O–H groups in total. The van der Waals surface area contributed by atoms with E-state index < -0.39 is 5.60 Å². The van der Waals surface area contributed by atoms with E-state index in [9.17, 15) is 5.11 Å². The Bertz CT molecular complexity index is 325. The van der Waals surface area contributed by atoms with E-state index in [0.29, 0.717) is 0 Å². The van der Waals surface area contributed by atoms with Crippen LogP contribution in [0, 0.1) is 0 Å². The first-order chi connectivity index (χ1) is 7.74. The van der Waals surface area contributed by atoms with Gasteiger partial charge in [0.15, 0.2) is 0 Å². The van der Waals surface area contributed by atoms with E-state index in [1.165, 1.54) is 12.0 Å². The van der Waals surface area contributed by atoms with Gasteiger partial charge in [-0.2, -0.15) is 0 Å². The van der Waals surface area contributed by atoms with Gasteiger partial charge in [-0.1, -0.05) is 37.6 Å². The van der Waals surface area contributed by atoms with Crippen molar-refractivity contribution < 1.29 is 5.11 Å². The van der Waals surface area contributed by atoms with Gasteiger partial charge in [0.05, 0.1) is 5.60 Å². The van der Waals surface area contributed by atoms with Crippen LogP contribution in [0.2, 0.25) is 0 Å². The van der Waals surface area contributed by atoms with Crippen LogP contribution in [0.5, 0.6) is 0 Å². The fraction of sp³-hybridized carbons (Fsp3) is 0.571. The number of nitrogens with one attached hydrogen (secondary N) is 1. The van der Waals surface area contributed by atoms with Crippen molar-refractivity contribution in [3.05, 3.63) is 35.4 Å². The third kappa shape index (κ3) is 2.45. The molecule has 0 spiro atoms. The summed E-state index contributed by atoms with van der Waals surface area (Å²) in [6.45, 7) is 4.01. The van der Waals surface area contributed by atoms with E-state index >= 15 is 0 Å². The molecule has 1 saturated heterocycles. The van der Waals surface area contributed by atoms with Crippen LogP contribution in [0.3, 0.4) is 0 Å². The van der Waals surface area contributed by atoms with Crippen LogP contribution in [-0.2, 0) is 12.0 Å². The highest BCUT2D eigenvalue weighted by Gasteiger charge is 2.30. The van der Waals surface area contributed by atoms with Gasteiger partial charge in [-0.3, -0.25) is 0 Å². The monoisotopic (exact) mass is 219 g/mol. The minimum Gasteiger partial charge on any atom is -0.385 e. The normalized spacial score (nSPS) is 19.6. The highest BCUT2D eigenvalue weighted by molar-refractivity contribution is 5.27. The average molecular weight is 219 g/mol. The summed E-state index contributed by atoms with van der Waals surface area (Å²) >= 11 is 0. The summed E-state index contributed by atoms with van der Waals surface area (Å²) in [5, 5.41) is 13.8. The summed E-state index contributed by atoms with van der Waals surface area (Å²) in [6.07, 6.45) is 3.94. The molecule has 88 valence electrons.